The molecule has 0 saturated carbocycles. The van der Waals surface area contributed by atoms with Crippen molar-refractivity contribution in [2.75, 3.05) is 7.05 Å². The Morgan fingerprint density at radius 1 is 1.29 bits per heavy atom. The smallest absolute Gasteiger partial charge is 0.227 e. The predicted octanol–water partition coefficient (Wildman–Crippen LogP) is -0.408. The van der Waals surface area contributed by atoms with Gasteiger partial charge in [0.2, 0.25) is 6.34 Å². The van der Waals surface area contributed by atoms with E-state index in [1.54, 1.807) is 7.05 Å². The third-order valence-corrected chi connectivity index (χ3v) is 0.167. The second-order valence-corrected chi connectivity index (χ2v) is 0.455. The van der Waals surface area contributed by atoms with Crippen molar-refractivity contribution in [1.29, 1.82) is 0 Å². The number of hydrogen-bond donors (Lipinski definition) is 2. The third kappa shape index (κ3) is 298. The number of nitrogens with one attached hydrogen (secondary N) is 1. The molecule has 0 aliphatic rings. The van der Waals surface area contributed by atoms with Gasteiger partial charge < -0.3 is 0 Å². The average Bonchev–Trinajstić information content (AvgIpc) is 1.37. The minimum Gasteiger partial charge on any atom is -0.294 e. The third-order valence-electron chi connectivity index (χ3n) is 0.167. The van der Waals surface area contributed by atoms with Gasteiger partial charge in [-0.1, -0.05) is 22.3 Å². The maximum absolute atomic E-state index is 4.79. The first-order chi connectivity index (χ1) is 1.91. The van der Waals surface area contributed by atoms with Crippen molar-refractivity contribution in [3.63, 3.8) is 0 Å². The van der Waals surface area contributed by atoms with E-state index in [1.807, 2.05) is 0 Å². The van der Waals surface area contributed by atoms with Gasteiger partial charge in [-0.15, -0.1) is 0 Å². The van der Waals surface area contributed by atoms with Crippen molar-refractivity contribution in [2.45, 2.75) is 22.3 Å². The maximum atomic E-state index is 4.79. The first-order valence-corrected chi connectivity index (χ1v) is 1.12. The van der Waals surface area contributed by atoms with E-state index >= 15 is 0 Å². The molecule has 0 rings (SSSR count). The Bertz CT molecular complexity index is 21.3. The number of hydrogen-bond acceptors (Lipinski definition) is 0. The molecule has 2 nitrogen and oxygen atoms in total. The van der Waals surface area contributed by atoms with Gasteiger partial charge in [0.15, 0.2) is 0 Å². The molecular formula is C5H19N2+. The second-order valence-electron chi connectivity index (χ2n) is 0.455. The standard InChI is InChI=1S/C2H6N2.3CH4/c1-4-2-3;;;/h2H,1H3,(H2,3,4);3*1H4/p+1. The van der Waals surface area contributed by atoms with E-state index in [-0.39, 0.29) is 22.3 Å². The molecule has 0 radical (unpaired) electrons. The summed E-state index contributed by atoms with van der Waals surface area (Å²) in [4.78, 5) is 2.58. The van der Waals surface area contributed by atoms with Gasteiger partial charge in [0, 0.05) is 0 Å². The summed E-state index contributed by atoms with van der Waals surface area (Å²) in [5.41, 5.74) is 4.79. The number of nitrogens with two attached hydrogens (primary N) is 1. The van der Waals surface area contributed by atoms with Crippen LogP contribution in [0.15, 0.2) is 0 Å². The molecule has 0 aliphatic heterocycles. The molecule has 0 aromatic heterocycles. The van der Waals surface area contributed by atoms with Gasteiger partial charge in [0.1, 0.15) is 0 Å². The molecule has 0 amide bonds. The van der Waals surface area contributed by atoms with Gasteiger partial charge in [-0.3, -0.25) is 10.7 Å². The maximum Gasteiger partial charge on any atom is 0.227 e. The summed E-state index contributed by atoms with van der Waals surface area (Å²) in [7, 11) is 1.75. The molecule has 0 fully saturated rings. The van der Waals surface area contributed by atoms with Crippen LogP contribution in [-0.4, -0.2) is 13.4 Å². The minimum atomic E-state index is 0. The summed E-state index contributed by atoms with van der Waals surface area (Å²) in [6.07, 6.45) is 1.38. The van der Waals surface area contributed by atoms with Crippen LogP contribution in [0.1, 0.15) is 22.3 Å². The van der Waals surface area contributed by atoms with Gasteiger partial charge in [-0.05, 0) is 0 Å². The lowest BCUT2D eigenvalue weighted by molar-refractivity contribution is -0.415. The predicted molar refractivity (Wildman–Crippen MR) is 37.3 cm³/mol. The molecule has 0 heterocycles. The van der Waals surface area contributed by atoms with Gasteiger partial charge in [0.05, 0.1) is 7.05 Å². The largest absolute Gasteiger partial charge is 0.294 e. The molecule has 0 atom stereocenters. The molecule has 0 aliphatic carbocycles. The van der Waals surface area contributed by atoms with Crippen LogP contribution in [0.3, 0.4) is 0 Å². The van der Waals surface area contributed by atoms with E-state index in [4.69, 9.17) is 5.73 Å². The molecule has 0 spiro atoms. The van der Waals surface area contributed by atoms with Crippen LogP contribution >= 0.6 is 0 Å². The van der Waals surface area contributed by atoms with E-state index < -0.39 is 0 Å². The highest BCUT2D eigenvalue weighted by atomic mass is 14.7. The lowest BCUT2D eigenvalue weighted by atomic mass is 11.3. The zero-order valence-electron chi connectivity index (χ0n) is 2.65. The van der Waals surface area contributed by atoms with E-state index in [9.17, 15) is 0 Å². The Morgan fingerprint density at radius 2 is 1.43 bits per heavy atom. The normalized spacial score (nSPS) is 5.29. The molecule has 7 heavy (non-hydrogen) atoms. The summed E-state index contributed by atoms with van der Waals surface area (Å²) >= 11 is 0. The summed E-state index contributed by atoms with van der Waals surface area (Å²) in [5, 5.41) is 0. The second kappa shape index (κ2) is 50.6. The molecule has 0 aromatic rings. The van der Waals surface area contributed by atoms with E-state index in [0.717, 1.165) is 0 Å². The van der Waals surface area contributed by atoms with Crippen LogP contribution in [-0.2, 0) is 0 Å². The lowest BCUT2D eigenvalue weighted by Gasteiger charge is -1.49. The average molecular weight is 107 g/mol. The summed E-state index contributed by atoms with van der Waals surface area (Å²) < 4.78 is 0. The molecule has 2 heteroatoms. The Morgan fingerprint density at radius 3 is 1.43 bits per heavy atom. The van der Waals surface area contributed by atoms with E-state index in [1.165, 1.54) is 6.34 Å². The molecular weight excluding hydrogens is 88.1 g/mol. The van der Waals surface area contributed by atoms with Crippen molar-refractivity contribution in [1.82, 2.24) is 0 Å². The van der Waals surface area contributed by atoms with Crippen LogP contribution in [0, 0.1) is 0 Å². The highest BCUT2D eigenvalue weighted by molar-refractivity contribution is 5.42. The highest BCUT2D eigenvalue weighted by Crippen LogP contribution is 0.662. The minimum absolute atomic E-state index is 0. The number of rotatable bonds is 0. The fourth-order valence-corrected chi connectivity index (χ4v) is 0. The highest BCUT2D eigenvalue weighted by Gasteiger charge is 1.38. The van der Waals surface area contributed by atoms with Crippen LogP contribution < -0.4 is 10.7 Å². The van der Waals surface area contributed by atoms with Crippen LogP contribution in [0.4, 0.5) is 0 Å². The van der Waals surface area contributed by atoms with Gasteiger partial charge in [-0.25, -0.2) is 0 Å². The van der Waals surface area contributed by atoms with E-state index in [0.29, 0.717) is 0 Å². The SMILES string of the molecule is C.C.C.C[NH+]=CN. The first kappa shape index (κ1) is 31.7. The van der Waals surface area contributed by atoms with Gasteiger partial charge in [-0.2, -0.15) is 0 Å². The molecule has 3 N–H and O–H groups in total. The first-order valence-electron chi connectivity index (χ1n) is 1.12. The molecule has 48 valence electrons. The van der Waals surface area contributed by atoms with Crippen molar-refractivity contribution in [2.24, 2.45) is 5.73 Å². The topological polar surface area (TPSA) is 40.0 Å². The quantitative estimate of drug-likeness (QED) is 0.321. The zero-order valence-corrected chi connectivity index (χ0v) is 2.65. The molecule has 0 aromatic carbocycles. The fraction of sp³-hybridized carbons (Fsp3) is 0.800. The van der Waals surface area contributed by atoms with Crippen molar-refractivity contribution in [3.05, 3.63) is 0 Å². The van der Waals surface area contributed by atoms with Crippen LogP contribution in [0.5, 0.6) is 0 Å². The zero-order chi connectivity index (χ0) is 3.41. The summed E-state index contributed by atoms with van der Waals surface area (Å²) in [6, 6.07) is 0. The van der Waals surface area contributed by atoms with Crippen LogP contribution in [0.25, 0.3) is 0 Å². The molecule has 0 bridgehead atoms. The monoisotopic (exact) mass is 107 g/mol. The van der Waals surface area contributed by atoms with Crippen molar-refractivity contribution >= 4 is 6.34 Å². The lowest BCUT2D eigenvalue weighted by Crippen LogP contribution is -2.64. The Kier molecular flexibility index (Phi) is 229. The van der Waals surface area contributed by atoms with Crippen LogP contribution in [0.2, 0.25) is 0 Å². The molecule has 0 saturated heterocycles. The van der Waals surface area contributed by atoms with Crippen molar-refractivity contribution in [3.8, 4) is 0 Å². The van der Waals surface area contributed by atoms with Gasteiger partial charge >= 0.3 is 0 Å². The van der Waals surface area contributed by atoms with Gasteiger partial charge in [0.25, 0.3) is 0 Å². The van der Waals surface area contributed by atoms with Crippen molar-refractivity contribution < 1.29 is 4.99 Å². The Hall–Kier alpha value is -0.530. The Labute approximate surface area is 47.5 Å². The van der Waals surface area contributed by atoms with E-state index in [2.05, 4.69) is 4.99 Å². The fourth-order valence-electron chi connectivity index (χ4n) is 0. The summed E-state index contributed by atoms with van der Waals surface area (Å²) in [6.45, 7) is 0. The molecule has 0 unspecified atom stereocenters. The Balaban J connectivity index is -0.0000000150. The summed E-state index contributed by atoms with van der Waals surface area (Å²) in [5.74, 6) is 0.